The maximum Gasteiger partial charge on any atom is 0.217 e. The second kappa shape index (κ2) is 3.66. The summed E-state index contributed by atoms with van der Waals surface area (Å²) < 4.78 is 0. The van der Waals surface area contributed by atoms with E-state index in [4.69, 9.17) is 0 Å². The Labute approximate surface area is 79.5 Å². The minimum absolute atomic E-state index is 0.110. The van der Waals surface area contributed by atoms with Gasteiger partial charge in [0.2, 0.25) is 5.91 Å². The maximum atomic E-state index is 10.8. The summed E-state index contributed by atoms with van der Waals surface area (Å²) in [6.45, 7) is 5.09. The molecule has 2 fully saturated rings. The lowest BCUT2D eigenvalue weighted by Crippen LogP contribution is -2.35. The fraction of sp³-hybridized carbons (Fsp3) is 0.900. The first-order valence-electron chi connectivity index (χ1n) is 5.23. The average molecular weight is 182 g/mol. The highest BCUT2D eigenvalue weighted by atomic mass is 16.1. The van der Waals surface area contributed by atoms with Crippen molar-refractivity contribution in [2.45, 2.75) is 32.2 Å². The van der Waals surface area contributed by atoms with Crippen LogP contribution >= 0.6 is 0 Å². The van der Waals surface area contributed by atoms with Crippen molar-refractivity contribution in [2.75, 3.05) is 19.6 Å². The molecule has 1 N–H and O–H groups in total. The first-order chi connectivity index (χ1) is 6.24. The summed E-state index contributed by atoms with van der Waals surface area (Å²) in [5.74, 6) is 1.08. The first kappa shape index (κ1) is 9.00. The third-order valence-electron chi connectivity index (χ3n) is 2.89. The molecule has 1 atom stereocenters. The van der Waals surface area contributed by atoms with Crippen molar-refractivity contribution in [3.63, 3.8) is 0 Å². The van der Waals surface area contributed by atoms with Crippen LogP contribution in [0.4, 0.5) is 0 Å². The zero-order chi connectivity index (χ0) is 9.26. The second-order valence-corrected chi connectivity index (χ2v) is 4.39. The van der Waals surface area contributed by atoms with Gasteiger partial charge in [0.1, 0.15) is 0 Å². The lowest BCUT2D eigenvalue weighted by Gasteiger charge is -2.15. The second-order valence-electron chi connectivity index (χ2n) is 4.39. The largest absolute Gasteiger partial charge is 0.352 e. The van der Waals surface area contributed by atoms with E-state index < -0.39 is 0 Å². The Morgan fingerprint density at radius 2 is 2.23 bits per heavy atom. The Morgan fingerprint density at radius 3 is 2.85 bits per heavy atom. The minimum atomic E-state index is 0.110. The van der Waals surface area contributed by atoms with Crippen molar-refractivity contribution in [3.8, 4) is 0 Å². The fourth-order valence-corrected chi connectivity index (χ4v) is 2.07. The predicted molar refractivity (Wildman–Crippen MR) is 51.4 cm³/mol. The number of carbonyl (C=O) groups is 1. The van der Waals surface area contributed by atoms with E-state index in [0.29, 0.717) is 6.04 Å². The molecule has 74 valence electrons. The van der Waals surface area contributed by atoms with Crippen LogP contribution in [-0.4, -0.2) is 36.5 Å². The summed E-state index contributed by atoms with van der Waals surface area (Å²) in [7, 11) is 0. The lowest BCUT2D eigenvalue weighted by atomic mass is 10.2. The zero-order valence-corrected chi connectivity index (χ0v) is 8.25. The number of carbonyl (C=O) groups excluding carboxylic acids is 1. The Balaban J connectivity index is 1.69. The van der Waals surface area contributed by atoms with Gasteiger partial charge in [0, 0.05) is 32.6 Å². The van der Waals surface area contributed by atoms with Crippen LogP contribution in [0, 0.1) is 5.92 Å². The van der Waals surface area contributed by atoms with Crippen molar-refractivity contribution in [2.24, 2.45) is 5.92 Å². The summed E-state index contributed by atoms with van der Waals surface area (Å²) in [6, 6.07) is 0.413. The zero-order valence-electron chi connectivity index (χ0n) is 8.25. The molecule has 0 bridgehead atoms. The molecule has 3 nitrogen and oxygen atoms in total. The standard InChI is InChI=1S/C10H18N2O/c1-8(13)11-10-4-5-12(7-10)6-9-2-3-9/h9-10H,2-7H2,1H3,(H,11,13). The number of nitrogens with zero attached hydrogens (tertiary/aromatic N) is 1. The molecule has 1 saturated heterocycles. The fourth-order valence-electron chi connectivity index (χ4n) is 2.07. The number of hydrogen-bond donors (Lipinski definition) is 1. The van der Waals surface area contributed by atoms with Gasteiger partial charge in [-0.15, -0.1) is 0 Å². The molecule has 1 aliphatic carbocycles. The lowest BCUT2D eigenvalue weighted by molar-refractivity contribution is -0.119. The number of likely N-dealkylation sites (tertiary alicyclic amines) is 1. The molecule has 0 aromatic rings. The van der Waals surface area contributed by atoms with E-state index in [1.54, 1.807) is 6.92 Å². The van der Waals surface area contributed by atoms with Crippen molar-refractivity contribution in [3.05, 3.63) is 0 Å². The van der Waals surface area contributed by atoms with Gasteiger partial charge in [0.25, 0.3) is 0 Å². The van der Waals surface area contributed by atoms with E-state index in [2.05, 4.69) is 10.2 Å². The van der Waals surface area contributed by atoms with Gasteiger partial charge in [-0.25, -0.2) is 0 Å². The monoisotopic (exact) mass is 182 g/mol. The van der Waals surface area contributed by atoms with E-state index in [0.717, 1.165) is 18.9 Å². The highest BCUT2D eigenvalue weighted by Gasteiger charge is 2.29. The Morgan fingerprint density at radius 1 is 1.46 bits per heavy atom. The van der Waals surface area contributed by atoms with E-state index in [-0.39, 0.29) is 5.91 Å². The molecule has 2 rings (SSSR count). The molecule has 1 amide bonds. The molecule has 13 heavy (non-hydrogen) atoms. The average Bonchev–Trinajstić information content (AvgIpc) is 2.73. The molecular weight excluding hydrogens is 164 g/mol. The van der Waals surface area contributed by atoms with E-state index in [9.17, 15) is 4.79 Å². The number of hydrogen-bond acceptors (Lipinski definition) is 2. The summed E-state index contributed by atoms with van der Waals surface area (Å²) >= 11 is 0. The molecular formula is C10H18N2O. The van der Waals surface area contributed by atoms with E-state index >= 15 is 0 Å². The molecule has 3 heteroatoms. The van der Waals surface area contributed by atoms with Gasteiger partial charge in [-0.1, -0.05) is 0 Å². The van der Waals surface area contributed by atoms with Gasteiger partial charge in [-0.2, -0.15) is 0 Å². The van der Waals surface area contributed by atoms with Crippen LogP contribution in [0.1, 0.15) is 26.2 Å². The smallest absolute Gasteiger partial charge is 0.217 e. The van der Waals surface area contributed by atoms with Crippen molar-refractivity contribution < 1.29 is 4.79 Å². The molecule has 0 spiro atoms. The van der Waals surface area contributed by atoms with Gasteiger partial charge >= 0.3 is 0 Å². The summed E-state index contributed by atoms with van der Waals surface area (Å²) in [4.78, 5) is 13.3. The van der Waals surface area contributed by atoms with Crippen molar-refractivity contribution in [1.29, 1.82) is 0 Å². The third-order valence-corrected chi connectivity index (χ3v) is 2.89. The predicted octanol–water partition coefficient (Wildman–Crippen LogP) is 0.607. The highest BCUT2D eigenvalue weighted by molar-refractivity contribution is 5.73. The van der Waals surface area contributed by atoms with Crippen LogP contribution in [-0.2, 0) is 4.79 Å². The van der Waals surface area contributed by atoms with Crippen molar-refractivity contribution >= 4 is 5.91 Å². The Hall–Kier alpha value is -0.570. The Kier molecular flexibility index (Phi) is 2.54. The topological polar surface area (TPSA) is 32.3 Å². The number of rotatable bonds is 3. The minimum Gasteiger partial charge on any atom is -0.352 e. The Bertz CT molecular complexity index is 201. The number of amides is 1. The third kappa shape index (κ3) is 2.69. The van der Waals surface area contributed by atoms with Gasteiger partial charge in [-0.3, -0.25) is 4.79 Å². The van der Waals surface area contributed by atoms with Gasteiger partial charge < -0.3 is 10.2 Å². The van der Waals surface area contributed by atoms with Gasteiger partial charge in [-0.05, 0) is 25.2 Å². The summed E-state index contributed by atoms with van der Waals surface area (Å²) in [6.07, 6.45) is 3.97. The molecule has 0 aromatic carbocycles. The van der Waals surface area contributed by atoms with E-state index in [1.807, 2.05) is 0 Å². The molecule has 1 saturated carbocycles. The summed E-state index contributed by atoms with van der Waals surface area (Å²) in [5.41, 5.74) is 0. The normalized spacial score (nSPS) is 29.2. The SMILES string of the molecule is CC(=O)NC1CCN(CC2CC2)C1. The highest BCUT2D eigenvalue weighted by Crippen LogP contribution is 2.30. The molecule has 1 aliphatic heterocycles. The molecule has 1 unspecified atom stereocenters. The summed E-state index contributed by atoms with van der Waals surface area (Å²) in [5, 5.41) is 2.98. The van der Waals surface area contributed by atoms with Crippen LogP contribution in [0.2, 0.25) is 0 Å². The quantitative estimate of drug-likeness (QED) is 0.693. The van der Waals surface area contributed by atoms with Gasteiger partial charge in [0.15, 0.2) is 0 Å². The van der Waals surface area contributed by atoms with Crippen LogP contribution in [0.25, 0.3) is 0 Å². The maximum absolute atomic E-state index is 10.8. The number of nitrogens with one attached hydrogen (secondary N) is 1. The van der Waals surface area contributed by atoms with Crippen LogP contribution in [0.15, 0.2) is 0 Å². The first-order valence-corrected chi connectivity index (χ1v) is 5.23. The molecule has 2 aliphatic rings. The van der Waals surface area contributed by atoms with Crippen LogP contribution in [0.5, 0.6) is 0 Å². The molecule has 1 heterocycles. The van der Waals surface area contributed by atoms with E-state index in [1.165, 1.54) is 25.9 Å². The van der Waals surface area contributed by atoms with Gasteiger partial charge in [0.05, 0.1) is 0 Å². The molecule has 0 aromatic heterocycles. The van der Waals surface area contributed by atoms with Crippen LogP contribution in [0.3, 0.4) is 0 Å². The molecule has 0 radical (unpaired) electrons. The van der Waals surface area contributed by atoms with Crippen LogP contribution < -0.4 is 5.32 Å². The van der Waals surface area contributed by atoms with Crippen molar-refractivity contribution in [1.82, 2.24) is 10.2 Å².